The number of rotatable bonds is 6. The first-order chi connectivity index (χ1) is 8.99. The summed E-state index contributed by atoms with van der Waals surface area (Å²) < 4.78 is 0. The maximum Gasteiger partial charge on any atom is 0.222 e. The Morgan fingerprint density at radius 2 is 1.79 bits per heavy atom. The zero-order valence-electron chi connectivity index (χ0n) is 11.8. The Balaban J connectivity index is 2.71. The Morgan fingerprint density at radius 3 is 2.32 bits per heavy atom. The van der Waals surface area contributed by atoms with Crippen LogP contribution in [-0.2, 0) is 9.59 Å². The molecule has 0 spiro atoms. The van der Waals surface area contributed by atoms with Crippen molar-refractivity contribution in [1.29, 1.82) is 0 Å². The van der Waals surface area contributed by atoms with E-state index >= 15 is 0 Å². The van der Waals surface area contributed by atoms with E-state index in [4.69, 9.17) is 0 Å². The van der Waals surface area contributed by atoms with Gasteiger partial charge in [-0.1, -0.05) is 42.5 Å². The van der Waals surface area contributed by atoms with Crippen LogP contribution in [0.3, 0.4) is 0 Å². The Morgan fingerprint density at radius 1 is 1.16 bits per heavy atom. The smallest absolute Gasteiger partial charge is 0.222 e. The molecule has 19 heavy (non-hydrogen) atoms. The summed E-state index contributed by atoms with van der Waals surface area (Å²) in [7, 11) is 3.46. The van der Waals surface area contributed by atoms with Gasteiger partial charge in [0.25, 0.3) is 0 Å². The van der Waals surface area contributed by atoms with Crippen LogP contribution in [0.2, 0.25) is 0 Å². The van der Waals surface area contributed by atoms with Crippen molar-refractivity contribution < 1.29 is 9.59 Å². The van der Waals surface area contributed by atoms with Gasteiger partial charge in [0.1, 0.15) is 5.78 Å². The van der Waals surface area contributed by atoms with Gasteiger partial charge >= 0.3 is 0 Å². The number of amides is 1. The second-order valence-corrected chi connectivity index (χ2v) is 4.93. The first-order valence-corrected chi connectivity index (χ1v) is 6.42. The molecular weight excluding hydrogens is 238 g/mol. The van der Waals surface area contributed by atoms with Gasteiger partial charge in [0.05, 0.1) is 0 Å². The van der Waals surface area contributed by atoms with Gasteiger partial charge < -0.3 is 9.69 Å². The van der Waals surface area contributed by atoms with Gasteiger partial charge in [0.15, 0.2) is 0 Å². The number of carbonyl (C=O) groups excluding carboxylic acids is 2. The molecule has 0 aromatic heterocycles. The normalized spacial score (nSPS) is 12.4. The number of nitrogens with zero attached hydrogens (tertiary/aromatic N) is 1. The molecule has 0 heterocycles. The quantitative estimate of drug-likeness (QED) is 0.787. The van der Waals surface area contributed by atoms with Crippen molar-refractivity contribution in [1.82, 2.24) is 4.90 Å². The molecule has 0 aliphatic carbocycles. The number of allylic oxidation sites excluding steroid dienone is 1. The highest BCUT2D eigenvalue weighted by Crippen LogP contribution is 2.15. The number of carbonyl (C=O) groups is 2. The van der Waals surface area contributed by atoms with Gasteiger partial charge in [-0.15, -0.1) is 0 Å². The van der Waals surface area contributed by atoms with Crippen LogP contribution in [-0.4, -0.2) is 30.7 Å². The van der Waals surface area contributed by atoms with Crippen LogP contribution in [0.4, 0.5) is 0 Å². The first-order valence-electron chi connectivity index (χ1n) is 6.42. The average Bonchev–Trinajstić information content (AvgIpc) is 2.36. The van der Waals surface area contributed by atoms with Crippen LogP contribution in [0, 0.1) is 5.92 Å². The molecule has 0 bridgehead atoms. The maximum absolute atomic E-state index is 11.7. The van der Waals surface area contributed by atoms with Crippen molar-refractivity contribution in [3.8, 4) is 0 Å². The largest absolute Gasteiger partial charge is 0.349 e. The Hall–Kier alpha value is -1.90. The van der Waals surface area contributed by atoms with Gasteiger partial charge in [-0.3, -0.25) is 4.79 Å². The Labute approximate surface area is 114 Å². The fourth-order valence-electron chi connectivity index (χ4n) is 1.80. The number of Topliss-reactive ketones (excluding diaryl/α,β-unsaturated/α-hetero) is 1. The monoisotopic (exact) mass is 259 g/mol. The molecular formula is C16H21NO2. The third-order valence-corrected chi connectivity index (χ3v) is 2.85. The molecule has 1 rings (SSSR count). The predicted octanol–water partition coefficient (Wildman–Crippen LogP) is 2.77. The average molecular weight is 259 g/mol. The standard InChI is InChI=1S/C16H21NO2/c1-13(18)11-15(12-16(19)17(2)3)10-9-14-7-5-4-6-8-14/h4-10,15H,11-12H2,1-3H3/b10-9+. The van der Waals surface area contributed by atoms with E-state index in [2.05, 4.69) is 0 Å². The van der Waals surface area contributed by atoms with Crippen LogP contribution < -0.4 is 0 Å². The second-order valence-electron chi connectivity index (χ2n) is 4.93. The summed E-state index contributed by atoms with van der Waals surface area (Å²) in [6, 6.07) is 9.87. The highest BCUT2D eigenvalue weighted by molar-refractivity contribution is 5.79. The maximum atomic E-state index is 11.7. The molecule has 1 amide bonds. The molecule has 3 heteroatoms. The van der Waals surface area contributed by atoms with Gasteiger partial charge in [0, 0.05) is 26.9 Å². The summed E-state index contributed by atoms with van der Waals surface area (Å²) in [5, 5.41) is 0. The topological polar surface area (TPSA) is 37.4 Å². The second kappa shape index (κ2) is 7.52. The molecule has 102 valence electrons. The summed E-state index contributed by atoms with van der Waals surface area (Å²) in [6.07, 6.45) is 4.70. The Bertz CT molecular complexity index is 449. The van der Waals surface area contributed by atoms with E-state index in [0.717, 1.165) is 5.56 Å². The molecule has 1 aromatic rings. The van der Waals surface area contributed by atoms with E-state index in [1.807, 2.05) is 42.5 Å². The molecule has 1 unspecified atom stereocenters. The number of hydrogen-bond donors (Lipinski definition) is 0. The fourth-order valence-corrected chi connectivity index (χ4v) is 1.80. The van der Waals surface area contributed by atoms with Gasteiger partial charge in [-0.2, -0.15) is 0 Å². The van der Waals surface area contributed by atoms with E-state index in [-0.39, 0.29) is 17.6 Å². The SMILES string of the molecule is CC(=O)CC(/C=C/c1ccccc1)CC(=O)N(C)C. The molecule has 0 saturated heterocycles. The molecule has 1 aromatic carbocycles. The molecule has 0 aliphatic heterocycles. The summed E-state index contributed by atoms with van der Waals surface area (Å²) in [5.41, 5.74) is 1.08. The number of ketones is 1. The molecule has 0 radical (unpaired) electrons. The van der Waals surface area contributed by atoms with Gasteiger partial charge in [-0.05, 0) is 18.4 Å². The zero-order chi connectivity index (χ0) is 14.3. The lowest BCUT2D eigenvalue weighted by atomic mass is 9.97. The van der Waals surface area contributed by atoms with E-state index in [1.54, 1.807) is 25.9 Å². The van der Waals surface area contributed by atoms with E-state index in [0.29, 0.717) is 12.8 Å². The van der Waals surface area contributed by atoms with E-state index in [9.17, 15) is 9.59 Å². The van der Waals surface area contributed by atoms with Crippen molar-refractivity contribution in [2.45, 2.75) is 19.8 Å². The minimum absolute atomic E-state index is 0.0346. The lowest BCUT2D eigenvalue weighted by molar-refractivity contribution is -0.129. The van der Waals surface area contributed by atoms with Crippen molar-refractivity contribution in [2.75, 3.05) is 14.1 Å². The molecule has 0 aliphatic rings. The van der Waals surface area contributed by atoms with Gasteiger partial charge in [-0.25, -0.2) is 0 Å². The van der Waals surface area contributed by atoms with Crippen LogP contribution in [0.1, 0.15) is 25.3 Å². The lowest BCUT2D eigenvalue weighted by Gasteiger charge is -2.15. The first kappa shape index (κ1) is 15.2. The fraction of sp³-hybridized carbons (Fsp3) is 0.375. The van der Waals surface area contributed by atoms with E-state index < -0.39 is 0 Å². The van der Waals surface area contributed by atoms with Crippen LogP contribution in [0.5, 0.6) is 0 Å². The third kappa shape index (κ3) is 6.00. The molecule has 3 nitrogen and oxygen atoms in total. The highest BCUT2D eigenvalue weighted by Gasteiger charge is 2.14. The summed E-state index contributed by atoms with van der Waals surface area (Å²) in [6.45, 7) is 1.56. The van der Waals surface area contributed by atoms with Crippen LogP contribution in [0.15, 0.2) is 36.4 Å². The molecule has 0 fully saturated rings. The molecule has 1 atom stereocenters. The Kier molecular flexibility index (Phi) is 6.00. The van der Waals surface area contributed by atoms with Crippen molar-refractivity contribution in [3.63, 3.8) is 0 Å². The van der Waals surface area contributed by atoms with Crippen LogP contribution >= 0.6 is 0 Å². The molecule has 0 saturated carbocycles. The summed E-state index contributed by atoms with van der Waals surface area (Å²) in [5.74, 6) is 0.117. The van der Waals surface area contributed by atoms with Crippen molar-refractivity contribution in [3.05, 3.63) is 42.0 Å². The number of benzene rings is 1. The molecule has 0 N–H and O–H groups in total. The van der Waals surface area contributed by atoms with Crippen LogP contribution in [0.25, 0.3) is 6.08 Å². The summed E-state index contributed by atoms with van der Waals surface area (Å²) >= 11 is 0. The van der Waals surface area contributed by atoms with Crippen molar-refractivity contribution >= 4 is 17.8 Å². The minimum Gasteiger partial charge on any atom is -0.349 e. The number of hydrogen-bond acceptors (Lipinski definition) is 2. The van der Waals surface area contributed by atoms with Crippen molar-refractivity contribution in [2.24, 2.45) is 5.92 Å². The third-order valence-electron chi connectivity index (χ3n) is 2.85. The van der Waals surface area contributed by atoms with E-state index in [1.165, 1.54) is 0 Å². The van der Waals surface area contributed by atoms with Gasteiger partial charge in [0.2, 0.25) is 5.91 Å². The predicted molar refractivity (Wildman–Crippen MR) is 77.6 cm³/mol. The summed E-state index contributed by atoms with van der Waals surface area (Å²) in [4.78, 5) is 24.5. The zero-order valence-corrected chi connectivity index (χ0v) is 11.8. The lowest BCUT2D eigenvalue weighted by Crippen LogP contribution is -2.24. The minimum atomic E-state index is -0.0346. The highest BCUT2D eigenvalue weighted by atomic mass is 16.2.